The van der Waals surface area contributed by atoms with Crippen molar-refractivity contribution in [1.82, 2.24) is 0 Å². The molecule has 0 aromatic carbocycles. The Hall–Kier alpha value is 0.250. The van der Waals surface area contributed by atoms with Crippen molar-refractivity contribution in [2.75, 3.05) is 12.5 Å². The highest BCUT2D eigenvalue weighted by molar-refractivity contribution is 6.18. The first-order valence-corrected chi connectivity index (χ1v) is 7.03. The van der Waals surface area contributed by atoms with Gasteiger partial charge in [0, 0.05) is 17.9 Å². The molecule has 0 spiro atoms. The van der Waals surface area contributed by atoms with Crippen LogP contribution in [0.3, 0.4) is 0 Å². The van der Waals surface area contributed by atoms with Crippen LogP contribution in [-0.4, -0.2) is 18.6 Å². The fourth-order valence-electron chi connectivity index (χ4n) is 2.95. The molecular formula is C13H23ClO. The van der Waals surface area contributed by atoms with Gasteiger partial charge in [-0.1, -0.05) is 26.2 Å². The van der Waals surface area contributed by atoms with E-state index in [1.54, 1.807) is 0 Å². The van der Waals surface area contributed by atoms with Crippen molar-refractivity contribution in [3.8, 4) is 0 Å². The van der Waals surface area contributed by atoms with Crippen LogP contribution in [-0.2, 0) is 4.74 Å². The van der Waals surface area contributed by atoms with Crippen molar-refractivity contribution < 1.29 is 4.74 Å². The van der Waals surface area contributed by atoms with Gasteiger partial charge in [-0.2, -0.15) is 0 Å². The van der Waals surface area contributed by atoms with E-state index < -0.39 is 0 Å². The number of ether oxygens (including phenoxy) is 1. The largest absolute Gasteiger partial charge is 0.377 e. The average molecular weight is 231 g/mol. The lowest BCUT2D eigenvalue weighted by atomic mass is 9.76. The van der Waals surface area contributed by atoms with Crippen LogP contribution < -0.4 is 0 Å². The molecule has 0 aromatic rings. The Kier molecular flexibility index (Phi) is 3.95. The molecule has 2 unspecified atom stereocenters. The van der Waals surface area contributed by atoms with Crippen molar-refractivity contribution in [3.05, 3.63) is 0 Å². The minimum Gasteiger partial charge on any atom is -0.377 e. The lowest BCUT2D eigenvalue weighted by Crippen LogP contribution is -2.34. The van der Waals surface area contributed by atoms with E-state index >= 15 is 0 Å². The smallest absolute Gasteiger partial charge is 0.0671 e. The van der Waals surface area contributed by atoms with Crippen molar-refractivity contribution in [1.29, 1.82) is 0 Å². The summed E-state index contributed by atoms with van der Waals surface area (Å²) in [6.45, 7) is 3.21. The minimum atomic E-state index is 0.331. The van der Waals surface area contributed by atoms with Crippen LogP contribution >= 0.6 is 11.6 Å². The zero-order chi connectivity index (χ0) is 10.7. The first-order chi connectivity index (χ1) is 7.32. The third kappa shape index (κ3) is 2.50. The van der Waals surface area contributed by atoms with Crippen molar-refractivity contribution in [3.63, 3.8) is 0 Å². The Bertz CT molecular complexity index is 203. The van der Waals surface area contributed by atoms with Crippen LogP contribution in [0.1, 0.15) is 51.9 Å². The zero-order valence-electron chi connectivity index (χ0n) is 9.80. The SMILES string of the molecule is CCCCCC1(CCl)CCOC1C1CC1. The molecule has 0 bridgehead atoms. The normalized spacial score (nSPS) is 36.0. The summed E-state index contributed by atoms with van der Waals surface area (Å²) in [6, 6.07) is 0. The first-order valence-electron chi connectivity index (χ1n) is 6.50. The number of hydrogen-bond donors (Lipinski definition) is 0. The zero-order valence-corrected chi connectivity index (χ0v) is 10.6. The highest BCUT2D eigenvalue weighted by atomic mass is 35.5. The van der Waals surface area contributed by atoms with Crippen LogP contribution in [0.15, 0.2) is 0 Å². The molecule has 2 aliphatic rings. The van der Waals surface area contributed by atoms with Gasteiger partial charge in [-0.3, -0.25) is 0 Å². The van der Waals surface area contributed by atoms with Gasteiger partial charge < -0.3 is 4.74 Å². The summed E-state index contributed by atoms with van der Waals surface area (Å²) in [5, 5.41) is 0. The van der Waals surface area contributed by atoms with Crippen LogP contribution in [0.2, 0.25) is 0 Å². The van der Waals surface area contributed by atoms with E-state index in [4.69, 9.17) is 16.3 Å². The molecule has 1 saturated heterocycles. The van der Waals surface area contributed by atoms with E-state index in [2.05, 4.69) is 6.92 Å². The lowest BCUT2D eigenvalue weighted by Gasteiger charge is -2.32. The molecule has 1 heterocycles. The summed E-state index contributed by atoms with van der Waals surface area (Å²) in [7, 11) is 0. The summed E-state index contributed by atoms with van der Waals surface area (Å²) >= 11 is 6.23. The molecule has 1 aliphatic carbocycles. The molecule has 0 amide bonds. The second-order valence-corrected chi connectivity index (χ2v) is 5.60. The molecule has 1 saturated carbocycles. The Morgan fingerprint density at radius 2 is 2.13 bits per heavy atom. The summed E-state index contributed by atoms with van der Waals surface area (Å²) in [6.07, 6.45) is 9.69. The number of halogens is 1. The molecular weight excluding hydrogens is 208 g/mol. The van der Waals surface area contributed by atoms with Gasteiger partial charge in [-0.25, -0.2) is 0 Å². The predicted octanol–water partition coefficient (Wildman–Crippen LogP) is 3.99. The van der Waals surface area contributed by atoms with Crippen LogP contribution in [0.25, 0.3) is 0 Å². The van der Waals surface area contributed by atoms with E-state index in [1.165, 1.54) is 44.9 Å². The summed E-state index contributed by atoms with van der Waals surface area (Å²) in [5.74, 6) is 1.64. The van der Waals surface area contributed by atoms with Crippen LogP contribution in [0.4, 0.5) is 0 Å². The molecule has 88 valence electrons. The van der Waals surface area contributed by atoms with E-state index in [-0.39, 0.29) is 0 Å². The standard InChI is InChI=1S/C13H23ClO/c1-2-3-4-7-13(10-14)8-9-15-12(13)11-5-6-11/h11-12H,2-10H2,1H3. The lowest BCUT2D eigenvalue weighted by molar-refractivity contribution is 0.0355. The quantitative estimate of drug-likeness (QED) is 0.495. The molecule has 2 atom stereocenters. The molecule has 0 aromatic heterocycles. The minimum absolute atomic E-state index is 0.331. The predicted molar refractivity (Wildman–Crippen MR) is 64.4 cm³/mol. The van der Waals surface area contributed by atoms with Gasteiger partial charge in [0.15, 0.2) is 0 Å². The monoisotopic (exact) mass is 230 g/mol. The van der Waals surface area contributed by atoms with Crippen LogP contribution in [0, 0.1) is 11.3 Å². The molecule has 15 heavy (non-hydrogen) atoms. The third-order valence-corrected chi connectivity index (χ3v) is 4.63. The fraction of sp³-hybridized carbons (Fsp3) is 1.00. The molecule has 2 fully saturated rings. The Morgan fingerprint density at radius 1 is 1.33 bits per heavy atom. The van der Waals surface area contributed by atoms with Gasteiger partial charge in [0.05, 0.1) is 6.10 Å². The molecule has 2 heteroatoms. The van der Waals surface area contributed by atoms with Crippen LogP contribution in [0.5, 0.6) is 0 Å². The van der Waals surface area contributed by atoms with E-state index in [0.717, 1.165) is 18.4 Å². The maximum atomic E-state index is 6.23. The van der Waals surface area contributed by atoms with Crippen molar-refractivity contribution in [2.45, 2.75) is 58.0 Å². The highest BCUT2D eigenvalue weighted by Gasteiger charge is 2.49. The summed E-state index contributed by atoms with van der Waals surface area (Å²) in [4.78, 5) is 0. The highest BCUT2D eigenvalue weighted by Crippen LogP contribution is 2.50. The molecule has 0 radical (unpaired) electrons. The van der Waals surface area contributed by atoms with Gasteiger partial charge in [0.2, 0.25) is 0 Å². The first kappa shape index (κ1) is 11.7. The maximum absolute atomic E-state index is 6.23. The molecule has 0 N–H and O–H groups in total. The third-order valence-electron chi connectivity index (χ3n) is 4.10. The van der Waals surface area contributed by atoms with Gasteiger partial charge >= 0.3 is 0 Å². The van der Waals surface area contributed by atoms with Crippen molar-refractivity contribution >= 4 is 11.6 Å². The summed E-state index contributed by atoms with van der Waals surface area (Å²) < 4.78 is 5.93. The Morgan fingerprint density at radius 3 is 2.73 bits per heavy atom. The Labute approximate surface area is 98.5 Å². The number of hydrogen-bond acceptors (Lipinski definition) is 1. The number of rotatable bonds is 6. The average Bonchev–Trinajstić information content (AvgIpc) is 3.01. The van der Waals surface area contributed by atoms with E-state index in [9.17, 15) is 0 Å². The maximum Gasteiger partial charge on any atom is 0.0671 e. The van der Waals surface area contributed by atoms with E-state index in [1.807, 2.05) is 0 Å². The van der Waals surface area contributed by atoms with Gasteiger partial charge in [-0.05, 0) is 31.6 Å². The second kappa shape index (κ2) is 5.05. The summed E-state index contributed by atoms with van der Waals surface area (Å²) in [5.41, 5.74) is 0.331. The van der Waals surface area contributed by atoms with Gasteiger partial charge in [0.1, 0.15) is 0 Å². The fourth-order valence-corrected chi connectivity index (χ4v) is 3.37. The second-order valence-electron chi connectivity index (χ2n) is 5.33. The van der Waals surface area contributed by atoms with Gasteiger partial charge in [-0.15, -0.1) is 11.6 Å². The molecule has 2 rings (SSSR count). The van der Waals surface area contributed by atoms with Gasteiger partial charge in [0.25, 0.3) is 0 Å². The van der Waals surface area contributed by atoms with Crippen molar-refractivity contribution in [2.24, 2.45) is 11.3 Å². The molecule has 1 aliphatic heterocycles. The van der Waals surface area contributed by atoms with E-state index in [0.29, 0.717) is 11.5 Å². The number of unbranched alkanes of at least 4 members (excludes halogenated alkanes) is 2. The topological polar surface area (TPSA) is 9.23 Å². The molecule has 1 nitrogen and oxygen atoms in total. The number of alkyl halides is 1. The Balaban J connectivity index is 1.92.